The maximum Gasteiger partial charge on any atom is 0.320 e. The van der Waals surface area contributed by atoms with Crippen LogP contribution >= 0.6 is 11.3 Å². The minimum absolute atomic E-state index is 0.239. The molecule has 0 aliphatic carbocycles. The van der Waals surface area contributed by atoms with E-state index in [1.165, 1.54) is 17.4 Å². The lowest BCUT2D eigenvalue weighted by molar-refractivity contribution is -0.145. The zero-order chi connectivity index (χ0) is 19.2. The Labute approximate surface area is 162 Å². The van der Waals surface area contributed by atoms with Crippen LogP contribution in [0.3, 0.4) is 0 Å². The second kappa shape index (κ2) is 9.43. The SMILES string of the molecule is Nc1nc2c(F)cccc2s1.O=C(O)[C@@H]1CCCCN1CC1CCOCC1. The molecule has 6 nitrogen and oxygen atoms in total. The standard InChI is InChI=1S/C12H21NO3.C7H5FN2S/c14-12(15)11-3-1-2-6-13(11)9-10-4-7-16-8-5-10;8-4-2-1-3-5-6(4)10-7(9)11-5/h10-11H,1-9H2,(H,14,15);1-3H,(H2,9,10)/t11-;/m0./s1. The van der Waals surface area contributed by atoms with Crippen LogP contribution in [0.15, 0.2) is 18.2 Å². The van der Waals surface area contributed by atoms with Crippen molar-refractivity contribution < 1.29 is 19.0 Å². The molecular weight excluding hydrogens is 369 g/mol. The number of aromatic nitrogens is 1. The Bertz CT molecular complexity index is 764. The Hall–Kier alpha value is -1.77. The van der Waals surface area contributed by atoms with Gasteiger partial charge in [-0.3, -0.25) is 9.69 Å². The van der Waals surface area contributed by atoms with Crippen molar-refractivity contribution >= 4 is 32.7 Å². The number of aliphatic carboxylic acids is 1. The minimum Gasteiger partial charge on any atom is -0.480 e. The van der Waals surface area contributed by atoms with E-state index in [9.17, 15) is 14.3 Å². The number of ether oxygens (including phenoxy) is 1. The van der Waals surface area contributed by atoms with Gasteiger partial charge < -0.3 is 15.6 Å². The lowest BCUT2D eigenvalue weighted by Gasteiger charge is -2.36. The first kappa shape index (κ1) is 20.0. The number of halogens is 1. The number of nitrogen functional groups attached to an aromatic ring is 1. The first-order valence-corrected chi connectivity index (χ1v) is 10.2. The first-order valence-electron chi connectivity index (χ1n) is 9.39. The molecule has 27 heavy (non-hydrogen) atoms. The molecule has 4 rings (SSSR count). The van der Waals surface area contributed by atoms with E-state index in [1.807, 2.05) is 0 Å². The Morgan fingerprint density at radius 3 is 2.81 bits per heavy atom. The zero-order valence-electron chi connectivity index (χ0n) is 15.3. The molecule has 3 N–H and O–H groups in total. The molecule has 0 saturated carbocycles. The average Bonchev–Trinajstić information content (AvgIpc) is 3.05. The summed E-state index contributed by atoms with van der Waals surface area (Å²) >= 11 is 1.29. The Morgan fingerprint density at radius 2 is 2.11 bits per heavy atom. The van der Waals surface area contributed by atoms with Crippen molar-refractivity contribution in [3.8, 4) is 0 Å². The second-order valence-corrected chi connectivity index (χ2v) is 8.10. The predicted octanol–water partition coefficient (Wildman–Crippen LogP) is 3.37. The van der Waals surface area contributed by atoms with Crippen molar-refractivity contribution in [2.24, 2.45) is 5.92 Å². The highest BCUT2D eigenvalue weighted by molar-refractivity contribution is 7.22. The summed E-state index contributed by atoms with van der Waals surface area (Å²) in [6, 6.07) is 4.58. The summed E-state index contributed by atoms with van der Waals surface area (Å²) < 4.78 is 19.0. The number of thiazole rings is 1. The number of piperidine rings is 1. The Balaban J connectivity index is 0.000000166. The van der Waals surface area contributed by atoms with Gasteiger partial charge in [0.15, 0.2) is 5.13 Å². The van der Waals surface area contributed by atoms with Crippen molar-refractivity contribution in [3.63, 3.8) is 0 Å². The van der Waals surface area contributed by atoms with E-state index in [4.69, 9.17) is 10.5 Å². The van der Waals surface area contributed by atoms with Gasteiger partial charge in [0.05, 0.1) is 4.70 Å². The number of nitrogens with two attached hydrogens (primary N) is 1. The number of benzene rings is 1. The molecular formula is C19H26FN3O3S. The van der Waals surface area contributed by atoms with Crippen LogP contribution in [0.1, 0.15) is 32.1 Å². The van der Waals surface area contributed by atoms with E-state index in [0.717, 1.165) is 63.1 Å². The lowest BCUT2D eigenvalue weighted by Crippen LogP contribution is -2.47. The molecule has 2 saturated heterocycles. The minimum atomic E-state index is -0.647. The highest BCUT2D eigenvalue weighted by atomic mass is 32.1. The number of carboxylic acid groups (broad SMARTS) is 1. The van der Waals surface area contributed by atoms with Crippen LogP contribution in [-0.2, 0) is 9.53 Å². The molecule has 8 heteroatoms. The third kappa shape index (κ3) is 5.37. The first-order chi connectivity index (χ1) is 13.0. The number of hydrogen-bond donors (Lipinski definition) is 2. The summed E-state index contributed by atoms with van der Waals surface area (Å²) in [6.45, 7) is 3.58. The molecule has 1 aromatic heterocycles. The van der Waals surface area contributed by atoms with E-state index in [0.29, 0.717) is 16.6 Å². The van der Waals surface area contributed by atoms with Crippen LogP contribution < -0.4 is 5.73 Å². The third-order valence-corrected chi connectivity index (χ3v) is 5.97. The van der Waals surface area contributed by atoms with Gasteiger partial charge in [0.2, 0.25) is 0 Å². The zero-order valence-corrected chi connectivity index (χ0v) is 16.1. The number of carbonyl (C=O) groups is 1. The number of likely N-dealkylation sites (tertiary alicyclic amines) is 1. The maximum absolute atomic E-state index is 12.9. The molecule has 148 valence electrons. The molecule has 2 aliphatic rings. The number of hydrogen-bond acceptors (Lipinski definition) is 6. The molecule has 1 aromatic carbocycles. The van der Waals surface area contributed by atoms with Gasteiger partial charge in [-0.25, -0.2) is 9.37 Å². The topological polar surface area (TPSA) is 88.7 Å². The number of anilines is 1. The van der Waals surface area contributed by atoms with Crippen molar-refractivity contribution in [1.82, 2.24) is 9.88 Å². The fourth-order valence-electron chi connectivity index (χ4n) is 3.68. The van der Waals surface area contributed by atoms with Gasteiger partial charge in [0.1, 0.15) is 17.4 Å². The quantitative estimate of drug-likeness (QED) is 0.828. The highest BCUT2D eigenvalue weighted by Crippen LogP contribution is 2.25. The van der Waals surface area contributed by atoms with Crippen LogP contribution in [0.4, 0.5) is 9.52 Å². The number of rotatable bonds is 3. The summed E-state index contributed by atoms with van der Waals surface area (Å²) in [4.78, 5) is 17.1. The number of fused-ring (bicyclic) bond motifs is 1. The Kier molecular flexibility index (Phi) is 6.98. The molecule has 2 aliphatic heterocycles. The lowest BCUT2D eigenvalue weighted by atomic mass is 9.95. The van der Waals surface area contributed by atoms with Gasteiger partial charge in [0.25, 0.3) is 0 Å². The van der Waals surface area contributed by atoms with E-state index < -0.39 is 5.97 Å². The van der Waals surface area contributed by atoms with Crippen molar-refractivity contribution in [3.05, 3.63) is 24.0 Å². The fraction of sp³-hybridized carbons (Fsp3) is 0.579. The molecule has 0 bridgehead atoms. The van der Waals surface area contributed by atoms with E-state index in [-0.39, 0.29) is 11.9 Å². The number of para-hydroxylation sites is 1. The van der Waals surface area contributed by atoms with Crippen molar-refractivity contribution in [2.45, 2.75) is 38.1 Å². The van der Waals surface area contributed by atoms with Gasteiger partial charge in [0, 0.05) is 19.8 Å². The van der Waals surface area contributed by atoms with Crippen LogP contribution in [0.5, 0.6) is 0 Å². The van der Waals surface area contributed by atoms with Crippen molar-refractivity contribution in [2.75, 3.05) is 32.0 Å². The van der Waals surface area contributed by atoms with Gasteiger partial charge >= 0.3 is 5.97 Å². The van der Waals surface area contributed by atoms with E-state index in [2.05, 4.69) is 9.88 Å². The monoisotopic (exact) mass is 395 g/mol. The molecule has 0 amide bonds. The largest absolute Gasteiger partial charge is 0.480 e. The molecule has 2 aromatic rings. The normalized spacial score (nSPS) is 21.6. The van der Waals surface area contributed by atoms with Crippen molar-refractivity contribution in [1.29, 1.82) is 0 Å². The van der Waals surface area contributed by atoms with Gasteiger partial charge in [-0.2, -0.15) is 0 Å². The number of nitrogens with zero attached hydrogens (tertiary/aromatic N) is 2. The highest BCUT2D eigenvalue weighted by Gasteiger charge is 2.30. The molecule has 1 atom stereocenters. The fourth-order valence-corrected chi connectivity index (χ4v) is 4.43. The summed E-state index contributed by atoms with van der Waals surface area (Å²) in [7, 11) is 0. The maximum atomic E-state index is 12.9. The summed E-state index contributed by atoms with van der Waals surface area (Å²) in [5, 5.41) is 9.58. The van der Waals surface area contributed by atoms with Gasteiger partial charge in [-0.15, -0.1) is 0 Å². The molecule has 2 fully saturated rings. The summed E-state index contributed by atoms with van der Waals surface area (Å²) in [5.41, 5.74) is 5.77. The summed E-state index contributed by atoms with van der Waals surface area (Å²) in [5.74, 6) is -0.323. The Morgan fingerprint density at radius 1 is 1.33 bits per heavy atom. The van der Waals surface area contributed by atoms with Gasteiger partial charge in [-0.1, -0.05) is 23.8 Å². The van der Waals surface area contributed by atoms with E-state index in [1.54, 1.807) is 12.1 Å². The smallest absolute Gasteiger partial charge is 0.320 e. The third-order valence-electron chi connectivity index (χ3n) is 5.12. The van der Waals surface area contributed by atoms with Crippen LogP contribution in [0, 0.1) is 11.7 Å². The van der Waals surface area contributed by atoms with Crippen LogP contribution in [0.2, 0.25) is 0 Å². The average molecular weight is 396 g/mol. The molecule has 0 radical (unpaired) electrons. The second-order valence-electron chi connectivity index (χ2n) is 7.04. The van der Waals surface area contributed by atoms with Crippen LogP contribution in [0.25, 0.3) is 10.2 Å². The van der Waals surface area contributed by atoms with Crippen LogP contribution in [-0.4, -0.2) is 53.3 Å². The van der Waals surface area contributed by atoms with Gasteiger partial charge in [-0.05, 0) is 50.3 Å². The van der Waals surface area contributed by atoms with E-state index >= 15 is 0 Å². The summed E-state index contributed by atoms with van der Waals surface area (Å²) in [6.07, 6.45) is 5.19. The molecule has 0 unspecified atom stereocenters. The molecule has 3 heterocycles. The molecule has 0 spiro atoms. The number of carboxylic acids is 1. The predicted molar refractivity (Wildman–Crippen MR) is 104 cm³/mol.